The molecule has 1 amide bonds. The van der Waals surface area contributed by atoms with Gasteiger partial charge in [-0.25, -0.2) is 0 Å². The number of benzene rings is 1. The summed E-state index contributed by atoms with van der Waals surface area (Å²) in [5.74, 6) is 0.918. The van der Waals surface area contributed by atoms with E-state index in [4.69, 9.17) is 4.74 Å². The molecule has 3 nitrogen and oxygen atoms in total. The summed E-state index contributed by atoms with van der Waals surface area (Å²) >= 11 is 1.66. The fourth-order valence-corrected chi connectivity index (χ4v) is 2.72. The third kappa shape index (κ3) is 5.80. The summed E-state index contributed by atoms with van der Waals surface area (Å²) in [5.41, 5.74) is 1.18. The second-order valence-electron chi connectivity index (χ2n) is 4.77. The lowest BCUT2D eigenvalue weighted by molar-refractivity contribution is -0.121. The van der Waals surface area contributed by atoms with Gasteiger partial charge in [0.05, 0.1) is 6.10 Å². The van der Waals surface area contributed by atoms with Crippen LogP contribution in [-0.2, 0) is 9.53 Å². The van der Waals surface area contributed by atoms with Crippen molar-refractivity contribution in [2.45, 2.75) is 25.4 Å². The summed E-state index contributed by atoms with van der Waals surface area (Å²) in [5, 5.41) is 4.98. The molecular formula is C16H21NO2S. The second-order valence-corrected chi connectivity index (χ2v) is 5.79. The lowest BCUT2D eigenvalue weighted by Crippen LogP contribution is -2.31. The quantitative estimate of drug-likeness (QED) is 0.785. The van der Waals surface area contributed by atoms with Gasteiger partial charge in [-0.1, -0.05) is 30.3 Å². The minimum absolute atomic E-state index is 0.112. The highest BCUT2D eigenvalue weighted by Gasteiger charge is 2.15. The molecule has 0 aliphatic carbocycles. The molecule has 1 heterocycles. The Morgan fingerprint density at radius 3 is 3.00 bits per heavy atom. The largest absolute Gasteiger partial charge is 0.376 e. The molecule has 0 radical (unpaired) electrons. The SMILES string of the molecule is O=C(CCS/C=C/c1ccccc1)NCC1CCCO1. The minimum Gasteiger partial charge on any atom is -0.376 e. The van der Waals surface area contributed by atoms with Crippen LogP contribution >= 0.6 is 11.8 Å². The van der Waals surface area contributed by atoms with Crippen molar-refractivity contribution in [1.82, 2.24) is 5.32 Å². The van der Waals surface area contributed by atoms with Crippen molar-refractivity contribution in [1.29, 1.82) is 0 Å². The van der Waals surface area contributed by atoms with Crippen molar-refractivity contribution < 1.29 is 9.53 Å². The highest BCUT2D eigenvalue weighted by Crippen LogP contribution is 2.11. The minimum atomic E-state index is 0.112. The maximum atomic E-state index is 11.6. The molecule has 0 saturated carbocycles. The van der Waals surface area contributed by atoms with Crippen LogP contribution in [0.3, 0.4) is 0 Å². The van der Waals surface area contributed by atoms with Gasteiger partial charge in [-0.3, -0.25) is 4.79 Å². The summed E-state index contributed by atoms with van der Waals surface area (Å²) in [6.45, 7) is 1.49. The van der Waals surface area contributed by atoms with Crippen molar-refractivity contribution in [3.05, 3.63) is 41.3 Å². The molecule has 1 aromatic rings. The zero-order valence-corrected chi connectivity index (χ0v) is 12.4. The lowest BCUT2D eigenvalue weighted by Gasteiger charge is -2.10. The van der Waals surface area contributed by atoms with Gasteiger partial charge < -0.3 is 10.1 Å². The Hall–Kier alpha value is -1.26. The molecule has 4 heteroatoms. The second kappa shape index (κ2) is 8.82. The van der Waals surface area contributed by atoms with E-state index in [9.17, 15) is 4.79 Å². The van der Waals surface area contributed by atoms with Crippen molar-refractivity contribution in [2.75, 3.05) is 18.9 Å². The van der Waals surface area contributed by atoms with E-state index in [0.717, 1.165) is 25.2 Å². The van der Waals surface area contributed by atoms with Crippen molar-refractivity contribution in [3.63, 3.8) is 0 Å². The highest BCUT2D eigenvalue weighted by atomic mass is 32.2. The predicted octanol–water partition coefficient (Wildman–Crippen LogP) is 3.08. The number of carbonyl (C=O) groups excluding carboxylic acids is 1. The van der Waals surface area contributed by atoms with E-state index < -0.39 is 0 Å². The zero-order valence-electron chi connectivity index (χ0n) is 11.6. The molecule has 108 valence electrons. The van der Waals surface area contributed by atoms with Crippen molar-refractivity contribution >= 4 is 23.7 Å². The first-order valence-electron chi connectivity index (χ1n) is 7.06. The number of hydrogen-bond donors (Lipinski definition) is 1. The summed E-state index contributed by atoms with van der Waals surface area (Å²) in [4.78, 5) is 11.6. The molecule has 1 saturated heterocycles. The van der Waals surface area contributed by atoms with Crippen LogP contribution < -0.4 is 5.32 Å². The Balaban J connectivity index is 1.54. The Morgan fingerprint density at radius 2 is 2.25 bits per heavy atom. The monoisotopic (exact) mass is 291 g/mol. The maximum absolute atomic E-state index is 11.6. The molecule has 0 aromatic heterocycles. The van der Waals surface area contributed by atoms with Crippen LogP contribution in [-0.4, -0.2) is 30.9 Å². The van der Waals surface area contributed by atoms with E-state index in [2.05, 4.69) is 23.5 Å². The third-order valence-electron chi connectivity index (χ3n) is 3.15. The van der Waals surface area contributed by atoms with E-state index >= 15 is 0 Å². The number of carbonyl (C=O) groups is 1. The number of hydrogen-bond acceptors (Lipinski definition) is 3. The van der Waals surface area contributed by atoms with Crippen LogP contribution in [0.5, 0.6) is 0 Å². The molecule has 0 bridgehead atoms. The van der Waals surface area contributed by atoms with Gasteiger partial charge in [0.25, 0.3) is 0 Å². The fraction of sp³-hybridized carbons (Fsp3) is 0.438. The molecule has 1 aliphatic heterocycles. The van der Waals surface area contributed by atoms with Gasteiger partial charge in [-0.15, -0.1) is 11.8 Å². The van der Waals surface area contributed by atoms with Crippen LogP contribution in [0.25, 0.3) is 6.08 Å². The average molecular weight is 291 g/mol. The maximum Gasteiger partial charge on any atom is 0.220 e. The van der Waals surface area contributed by atoms with Gasteiger partial charge >= 0.3 is 0 Å². The molecule has 1 N–H and O–H groups in total. The third-order valence-corrected chi connectivity index (χ3v) is 3.92. The first-order chi connectivity index (χ1) is 9.84. The molecule has 1 aliphatic rings. The standard InChI is InChI=1S/C16H21NO2S/c18-16(17-13-15-7-4-10-19-15)9-12-20-11-8-14-5-2-1-3-6-14/h1-3,5-6,8,11,15H,4,7,9-10,12-13H2,(H,17,18)/b11-8+. The summed E-state index contributed by atoms with van der Waals surface area (Å²) in [6.07, 6.45) is 5.02. The number of nitrogens with one attached hydrogen (secondary N) is 1. The van der Waals surface area contributed by atoms with Gasteiger partial charge in [0.2, 0.25) is 5.91 Å². The van der Waals surface area contributed by atoms with Crippen molar-refractivity contribution in [3.8, 4) is 0 Å². The van der Waals surface area contributed by atoms with E-state index in [1.165, 1.54) is 5.56 Å². The van der Waals surface area contributed by atoms with Crippen LogP contribution in [0.2, 0.25) is 0 Å². The van der Waals surface area contributed by atoms with Crippen molar-refractivity contribution in [2.24, 2.45) is 0 Å². The molecule has 2 rings (SSSR count). The number of rotatable bonds is 7. The number of ether oxygens (including phenoxy) is 1. The summed E-state index contributed by atoms with van der Waals surface area (Å²) in [6, 6.07) is 10.2. The molecule has 1 fully saturated rings. The zero-order chi connectivity index (χ0) is 14.0. The molecule has 1 aromatic carbocycles. The molecule has 20 heavy (non-hydrogen) atoms. The molecular weight excluding hydrogens is 270 g/mol. The van der Waals surface area contributed by atoms with Gasteiger partial charge in [0.1, 0.15) is 0 Å². The topological polar surface area (TPSA) is 38.3 Å². The van der Waals surface area contributed by atoms with E-state index in [-0.39, 0.29) is 12.0 Å². The van der Waals surface area contributed by atoms with Gasteiger partial charge in [0, 0.05) is 25.3 Å². The average Bonchev–Trinajstić information content (AvgIpc) is 2.99. The Bertz CT molecular complexity index is 427. The van der Waals surface area contributed by atoms with Gasteiger partial charge in [-0.05, 0) is 29.9 Å². The van der Waals surface area contributed by atoms with Gasteiger partial charge in [-0.2, -0.15) is 0 Å². The first kappa shape index (κ1) is 15.1. The Labute approximate surface area is 124 Å². The Kier molecular flexibility index (Phi) is 6.68. The summed E-state index contributed by atoms with van der Waals surface area (Å²) < 4.78 is 5.46. The van der Waals surface area contributed by atoms with Crippen LogP contribution in [0, 0.1) is 0 Å². The molecule has 0 spiro atoms. The Morgan fingerprint density at radius 1 is 1.40 bits per heavy atom. The molecule has 1 atom stereocenters. The smallest absolute Gasteiger partial charge is 0.220 e. The lowest BCUT2D eigenvalue weighted by atomic mass is 10.2. The first-order valence-corrected chi connectivity index (χ1v) is 8.11. The van der Waals surface area contributed by atoms with Crippen LogP contribution in [0.1, 0.15) is 24.8 Å². The van der Waals surface area contributed by atoms with E-state index in [1.54, 1.807) is 11.8 Å². The number of thioether (sulfide) groups is 1. The summed E-state index contributed by atoms with van der Waals surface area (Å²) in [7, 11) is 0. The van der Waals surface area contributed by atoms with E-state index in [1.807, 2.05) is 23.6 Å². The van der Waals surface area contributed by atoms with Gasteiger partial charge in [0.15, 0.2) is 0 Å². The predicted molar refractivity (Wildman–Crippen MR) is 84.5 cm³/mol. The highest BCUT2D eigenvalue weighted by molar-refractivity contribution is 8.02. The fourth-order valence-electron chi connectivity index (χ4n) is 2.03. The van der Waals surface area contributed by atoms with E-state index in [0.29, 0.717) is 13.0 Å². The molecule has 1 unspecified atom stereocenters. The normalized spacial score (nSPS) is 18.5. The number of amides is 1. The van der Waals surface area contributed by atoms with Crippen LogP contribution in [0.15, 0.2) is 35.7 Å². The van der Waals surface area contributed by atoms with Crippen LogP contribution in [0.4, 0.5) is 0 Å².